The van der Waals surface area contributed by atoms with Gasteiger partial charge in [0.25, 0.3) is 0 Å². The van der Waals surface area contributed by atoms with Gasteiger partial charge in [-0.1, -0.05) is 19.1 Å². The van der Waals surface area contributed by atoms with Crippen LogP contribution in [0.15, 0.2) is 12.2 Å². The lowest BCUT2D eigenvalue weighted by atomic mass is 10.3. The number of likely N-dealkylation sites (N-methyl/N-ethyl adjacent to an activating group) is 1. The molecular formula is C7H15N. The molecule has 48 valence electrons. The number of nitrogens with one attached hydrogen (secondary N) is 1. The summed E-state index contributed by atoms with van der Waals surface area (Å²) in [7, 11) is 1.96. The van der Waals surface area contributed by atoms with Gasteiger partial charge in [0.05, 0.1) is 0 Å². The van der Waals surface area contributed by atoms with Crippen molar-refractivity contribution in [1.82, 2.24) is 5.32 Å². The molecule has 0 aliphatic heterocycles. The van der Waals surface area contributed by atoms with E-state index in [-0.39, 0.29) is 0 Å². The molecule has 1 N–H and O–H groups in total. The molecule has 0 saturated carbocycles. The largest absolute Gasteiger partial charge is 0.314 e. The average Bonchev–Trinajstić information content (AvgIpc) is 1.83. The summed E-state index contributed by atoms with van der Waals surface area (Å²) in [5.74, 6) is 0. The summed E-state index contributed by atoms with van der Waals surface area (Å²) in [6.07, 6.45) is 5.47. The average molecular weight is 113 g/mol. The molecule has 0 radical (unpaired) electrons. The fourth-order valence-electron chi connectivity index (χ4n) is 0.436. The molecule has 0 aromatic heterocycles. The van der Waals surface area contributed by atoms with Crippen molar-refractivity contribution in [2.24, 2.45) is 0 Å². The van der Waals surface area contributed by atoms with Gasteiger partial charge in [0, 0.05) is 6.04 Å². The first-order valence-electron chi connectivity index (χ1n) is 3.15. The minimum atomic E-state index is 0.523. The summed E-state index contributed by atoms with van der Waals surface area (Å²) in [6.45, 7) is 4.27. The van der Waals surface area contributed by atoms with Gasteiger partial charge in [-0.3, -0.25) is 0 Å². The molecule has 0 aromatic carbocycles. The fourth-order valence-corrected chi connectivity index (χ4v) is 0.436. The number of allylic oxidation sites excluding steroid dienone is 1. The Balaban J connectivity index is 3.21. The Kier molecular flexibility index (Phi) is 4.67. The standard InChI is InChI=1S/C7H15N/c1-4-5-6-7(2)8-3/h5-8H,4H2,1-3H3/b6-5+/t7-/m1/s1. The Morgan fingerprint density at radius 3 is 2.62 bits per heavy atom. The lowest BCUT2D eigenvalue weighted by Gasteiger charge is -2.00. The van der Waals surface area contributed by atoms with Crippen LogP contribution in [0.3, 0.4) is 0 Å². The quantitative estimate of drug-likeness (QED) is 0.548. The van der Waals surface area contributed by atoms with Gasteiger partial charge in [0.2, 0.25) is 0 Å². The maximum Gasteiger partial charge on any atom is 0.0218 e. The number of hydrogen-bond acceptors (Lipinski definition) is 1. The van der Waals surface area contributed by atoms with Gasteiger partial charge in [-0.2, -0.15) is 0 Å². The topological polar surface area (TPSA) is 12.0 Å². The van der Waals surface area contributed by atoms with Crippen LogP contribution in [-0.4, -0.2) is 13.1 Å². The van der Waals surface area contributed by atoms with E-state index >= 15 is 0 Å². The summed E-state index contributed by atoms with van der Waals surface area (Å²) >= 11 is 0. The van der Waals surface area contributed by atoms with E-state index in [1.807, 2.05) is 7.05 Å². The third-order valence-corrected chi connectivity index (χ3v) is 1.12. The second kappa shape index (κ2) is 4.85. The molecule has 1 nitrogen and oxygen atoms in total. The summed E-state index contributed by atoms with van der Waals surface area (Å²) in [4.78, 5) is 0. The van der Waals surface area contributed by atoms with Crippen LogP contribution in [0.25, 0.3) is 0 Å². The second-order valence-electron chi connectivity index (χ2n) is 1.91. The summed E-state index contributed by atoms with van der Waals surface area (Å²) in [6, 6.07) is 0.523. The molecule has 0 aliphatic rings. The molecule has 0 aromatic rings. The van der Waals surface area contributed by atoms with Gasteiger partial charge in [-0.25, -0.2) is 0 Å². The minimum absolute atomic E-state index is 0.523. The SMILES string of the molecule is CC/C=C/[C@@H](C)NC. The van der Waals surface area contributed by atoms with Gasteiger partial charge in [0.15, 0.2) is 0 Å². The molecule has 0 amide bonds. The summed E-state index contributed by atoms with van der Waals surface area (Å²) in [5, 5.41) is 3.11. The number of hydrogen-bond donors (Lipinski definition) is 1. The van der Waals surface area contributed by atoms with Crippen molar-refractivity contribution < 1.29 is 0 Å². The zero-order valence-corrected chi connectivity index (χ0v) is 5.94. The minimum Gasteiger partial charge on any atom is -0.314 e. The predicted molar refractivity (Wildman–Crippen MR) is 38.0 cm³/mol. The highest BCUT2D eigenvalue weighted by molar-refractivity contribution is 4.88. The first kappa shape index (κ1) is 7.70. The van der Waals surface area contributed by atoms with Gasteiger partial charge in [0.1, 0.15) is 0 Å². The van der Waals surface area contributed by atoms with Crippen LogP contribution < -0.4 is 5.32 Å². The van der Waals surface area contributed by atoms with E-state index in [0.717, 1.165) is 6.42 Å². The molecule has 0 aliphatic carbocycles. The predicted octanol–water partition coefficient (Wildman–Crippen LogP) is 1.56. The Morgan fingerprint density at radius 1 is 1.62 bits per heavy atom. The van der Waals surface area contributed by atoms with E-state index in [4.69, 9.17) is 0 Å². The zero-order valence-electron chi connectivity index (χ0n) is 5.94. The van der Waals surface area contributed by atoms with E-state index in [9.17, 15) is 0 Å². The van der Waals surface area contributed by atoms with Crippen molar-refractivity contribution in [3.05, 3.63) is 12.2 Å². The fraction of sp³-hybridized carbons (Fsp3) is 0.714. The normalized spacial score (nSPS) is 14.9. The zero-order chi connectivity index (χ0) is 6.41. The van der Waals surface area contributed by atoms with E-state index in [1.54, 1.807) is 0 Å². The van der Waals surface area contributed by atoms with Crippen LogP contribution in [0.4, 0.5) is 0 Å². The maximum atomic E-state index is 3.11. The molecule has 0 bridgehead atoms. The van der Waals surface area contributed by atoms with E-state index in [1.165, 1.54) is 0 Å². The van der Waals surface area contributed by atoms with Crippen LogP contribution >= 0.6 is 0 Å². The molecular weight excluding hydrogens is 98.1 g/mol. The smallest absolute Gasteiger partial charge is 0.0218 e. The molecule has 1 heteroatoms. The highest BCUT2D eigenvalue weighted by Crippen LogP contribution is 1.84. The maximum absolute atomic E-state index is 3.11. The van der Waals surface area contributed by atoms with Crippen molar-refractivity contribution in [3.8, 4) is 0 Å². The van der Waals surface area contributed by atoms with Gasteiger partial charge in [-0.15, -0.1) is 0 Å². The third-order valence-electron chi connectivity index (χ3n) is 1.12. The molecule has 0 rings (SSSR count). The van der Waals surface area contributed by atoms with Gasteiger partial charge < -0.3 is 5.32 Å². The van der Waals surface area contributed by atoms with Gasteiger partial charge in [-0.05, 0) is 20.4 Å². The number of rotatable bonds is 3. The lowest BCUT2D eigenvalue weighted by molar-refractivity contribution is 0.726. The van der Waals surface area contributed by atoms with Crippen LogP contribution in [0, 0.1) is 0 Å². The van der Waals surface area contributed by atoms with Crippen LogP contribution in [0.5, 0.6) is 0 Å². The Hall–Kier alpha value is -0.300. The monoisotopic (exact) mass is 113 g/mol. The Labute approximate surface area is 51.8 Å². The molecule has 0 unspecified atom stereocenters. The highest BCUT2D eigenvalue weighted by atomic mass is 14.8. The third kappa shape index (κ3) is 3.88. The first-order valence-corrected chi connectivity index (χ1v) is 3.15. The first-order chi connectivity index (χ1) is 3.81. The lowest BCUT2D eigenvalue weighted by Crippen LogP contribution is -2.17. The van der Waals surface area contributed by atoms with Crippen LogP contribution in [0.1, 0.15) is 20.3 Å². The molecule has 8 heavy (non-hydrogen) atoms. The van der Waals surface area contributed by atoms with Crippen molar-refractivity contribution in [2.75, 3.05) is 7.05 Å². The van der Waals surface area contributed by atoms with Crippen LogP contribution in [-0.2, 0) is 0 Å². The van der Waals surface area contributed by atoms with E-state index < -0.39 is 0 Å². The second-order valence-corrected chi connectivity index (χ2v) is 1.91. The van der Waals surface area contributed by atoms with Crippen LogP contribution in [0.2, 0.25) is 0 Å². The van der Waals surface area contributed by atoms with Crippen molar-refractivity contribution >= 4 is 0 Å². The highest BCUT2D eigenvalue weighted by Gasteiger charge is 1.84. The van der Waals surface area contributed by atoms with Gasteiger partial charge >= 0.3 is 0 Å². The Bertz CT molecular complexity index is 66.8. The van der Waals surface area contributed by atoms with E-state index in [2.05, 4.69) is 31.3 Å². The summed E-state index contributed by atoms with van der Waals surface area (Å²) in [5.41, 5.74) is 0. The molecule has 0 heterocycles. The Morgan fingerprint density at radius 2 is 2.25 bits per heavy atom. The molecule has 0 fully saturated rings. The van der Waals surface area contributed by atoms with Crippen molar-refractivity contribution in [1.29, 1.82) is 0 Å². The van der Waals surface area contributed by atoms with Crippen molar-refractivity contribution in [3.63, 3.8) is 0 Å². The summed E-state index contributed by atoms with van der Waals surface area (Å²) < 4.78 is 0. The molecule has 0 saturated heterocycles. The molecule has 1 atom stereocenters. The van der Waals surface area contributed by atoms with E-state index in [0.29, 0.717) is 6.04 Å². The van der Waals surface area contributed by atoms with Crippen molar-refractivity contribution in [2.45, 2.75) is 26.3 Å². The molecule has 0 spiro atoms.